The molecule has 0 aromatic carbocycles. The van der Waals surface area contributed by atoms with Crippen LogP contribution < -0.4 is 0 Å². The van der Waals surface area contributed by atoms with Gasteiger partial charge in [0.25, 0.3) is 0 Å². The van der Waals surface area contributed by atoms with Gasteiger partial charge >= 0.3 is 12.0 Å². The maximum Gasteiger partial charge on any atom is 0.381 e. The van der Waals surface area contributed by atoms with Crippen molar-refractivity contribution in [2.45, 2.75) is 18.8 Å². The van der Waals surface area contributed by atoms with Crippen LogP contribution in [0.2, 0.25) is 0 Å². The second-order valence-corrected chi connectivity index (χ2v) is 2.73. The van der Waals surface area contributed by atoms with Crippen LogP contribution in [0.15, 0.2) is 0 Å². The van der Waals surface area contributed by atoms with Crippen molar-refractivity contribution in [3.63, 3.8) is 0 Å². The molecule has 7 heteroatoms. The SMILES string of the molecule is COC(=O)C(CC1OCCO1)[N+](=O)[O-]. The Bertz CT molecular complexity index is 224. The van der Waals surface area contributed by atoms with Gasteiger partial charge in [-0.2, -0.15) is 0 Å². The summed E-state index contributed by atoms with van der Waals surface area (Å²) in [5.74, 6) is -0.880. The van der Waals surface area contributed by atoms with Crippen molar-refractivity contribution in [1.82, 2.24) is 0 Å². The van der Waals surface area contributed by atoms with E-state index in [9.17, 15) is 14.9 Å². The van der Waals surface area contributed by atoms with Gasteiger partial charge in [-0.05, 0) is 0 Å². The van der Waals surface area contributed by atoms with Crippen LogP contribution in [0.1, 0.15) is 6.42 Å². The molecule has 1 aliphatic rings. The monoisotopic (exact) mass is 205 g/mol. The molecular weight excluding hydrogens is 194 g/mol. The number of carbonyl (C=O) groups is 1. The predicted octanol–water partition coefficient (Wildman–Crippen LogP) is -0.432. The minimum atomic E-state index is -1.41. The first-order valence-electron chi connectivity index (χ1n) is 4.09. The van der Waals surface area contributed by atoms with Crippen molar-refractivity contribution in [2.75, 3.05) is 20.3 Å². The number of nitro groups is 1. The van der Waals surface area contributed by atoms with Crippen LogP contribution in [0.4, 0.5) is 0 Å². The lowest BCUT2D eigenvalue weighted by molar-refractivity contribution is -0.514. The average Bonchev–Trinajstić information content (AvgIpc) is 2.65. The molecule has 1 rings (SSSR count). The Hall–Kier alpha value is -1.21. The van der Waals surface area contributed by atoms with E-state index in [-0.39, 0.29) is 6.42 Å². The van der Waals surface area contributed by atoms with Crippen LogP contribution >= 0.6 is 0 Å². The number of hydrogen-bond donors (Lipinski definition) is 0. The number of methoxy groups -OCH3 is 1. The summed E-state index contributed by atoms with van der Waals surface area (Å²) >= 11 is 0. The van der Waals surface area contributed by atoms with Gasteiger partial charge in [-0.25, -0.2) is 4.79 Å². The molecule has 0 amide bonds. The first kappa shape index (κ1) is 10.9. The Morgan fingerprint density at radius 2 is 2.21 bits per heavy atom. The van der Waals surface area contributed by atoms with Crippen molar-refractivity contribution in [3.05, 3.63) is 10.1 Å². The summed E-state index contributed by atoms with van der Waals surface area (Å²) in [6, 6.07) is -1.41. The van der Waals surface area contributed by atoms with E-state index in [1.54, 1.807) is 0 Å². The number of esters is 1. The molecule has 1 aliphatic heterocycles. The maximum atomic E-state index is 11.0. The lowest BCUT2D eigenvalue weighted by atomic mass is 10.2. The van der Waals surface area contributed by atoms with Gasteiger partial charge in [-0.3, -0.25) is 10.1 Å². The molecule has 0 radical (unpaired) electrons. The van der Waals surface area contributed by atoms with Crippen LogP contribution in [0.3, 0.4) is 0 Å². The predicted molar refractivity (Wildman–Crippen MR) is 43.1 cm³/mol. The smallest absolute Gasteiger partial charge is 0.381 e. The molecule has 0 aromatic heterocycles. The molecule has 0 bridgehead atoms. The average molecular weight is 205 g/mol. The van der Waals surface area contributed by atoms with Crippen molar-refractivity contribution >= 4 is 5.97 Å². The van der Waals surface area contributed by atoms with E-state index in [1.807, 2.05) is 0 Å². The maximum absolute atomic E-state index is 11.0. The van der Waals surface area contributed by atoms with E-state index < -0.39 is 23.2 Å². The summed E-state index contributed by atoms with van der Waals surface area (Å²) in [7, 11) is 1.11. The van der Waals surface area contributed by atoms with Crippen molar-refractivity contribution < 1.29 is 23.9 Å². The van der Waals surface area contributed by atoms with Crippen molar-refractivity contribution in [3.8, 4) is 0 Å². The molecule has 1 atom stereocenters. The third-order valence-electron chi connectivity index (χ3n) is 1.83. The van der Waals surface area contributed by atoms with E-state index >= 15 is 0 Å². The topological polar surface area (TPSA) is 87.9 Å². The van der Waals surface area contributed by atoms with Gasteiger partial charge in [-0.1, -0.05) is 0 Å². The fraction of sp³-hybridized carbons (Fsp3) is 0.857. The minimum absolute atomic E-state index is 0.111. The Balaban J connectivity index is 2.50. The van der Waals surface area contributed by atoms with Gasteiger partial charge in [0.2, 0.25) is 0 Å². The molecule has 80 valence electrons. The van der Waals surface area contributed by atoms with Gasteiger partial charge in [-0.15, -0.1) is 0 Å². The highest BCUT2D eigenvalue weighted by molar-refractivity contribution is 5.74. The molecule has 0 spiro atoms. The second kappa shape index (κ2) is 4.87. The number of hydrogen-bond acceptors (Lipinski definition) is 6. The molecule has 0 saturated carbocycles. The molecule has 0 aliphatic carbocycles. The number of nitrogens with zero attached hydrogens (tertiary/aromatic N) is 1. The lowest BCUT2D eigenvalue weighted by Crippen LogP contribution is -2.34. The molecule has 1 heterocycles. The van der Waals surface area contributed by atoms with E-state index in [2.05, 4.69) is 4.74 Å². The lowest BCUT2D eigenvalue weighted by Gasteiger charge is -2.11. The summed E-state index contributed by atoms with van der Waals surface area (Å²) in [6.07, 6.45) is -0.788. The van der Waals surface area contributed by atoms with Gasteiger partial charge < -0.3 is 14.2 Å². The van der Waals surface area contributed by atoms with E-state index in [0.717, 1.165) is 7.11 Å². The van der Waals surface area contributed by atoms with Crippen LogP contribution in [-0.2, 0) is 19.0 Å². The van der Waals surface area contributed by atoms with Crippen molar-refractivity contribution in [2.24, 2.45) is 0 Å². The zero-order valence-electron chi connectivity index (χ0n) is 7.67. The Morgan fingerprint density at radius 1 is 1.64 bits per heavy atom. The number of ether oxygens (including phenoxy) is 3. The highest BCUT2D eigenvalue weighted by Gasteiger charge is 2.35. The van der Waals surface area contributed by atoms with Crippen LogP contribution in [-0.4, -0.2) is 43.5 Å². The highest BCUT2D eigenvalue weighted by atomic mass is 16.7. The zero-order valence-corrected chi connectivity index (χ0v) is 7.67. The first-order valence-corrected chi connectivity index (χ1v) is 4.09. The van der Waals surface area contributed by atoms with E-state index in [1.165, 1.54) is 0 Å². The molecule has 1 saturated heterocycles. The zero-order chi connectivity index (χ0) is 10.6. The number of carbonyl (C=O) groups excluding carboxylic acids is 1. The Labute approximate surface area is 80.1 Å². The second-order valence-electron chi connectivity index (χ2n) is 2.73. The molecule has 0 N–H and O–H groups in total. The number of rotatable bonds is 4. The summed E-state index contributed by atoms with van der Waals surface area (Å²) in [5.41, 5.74) is 0. The summed E-state index contributed by atoms with van der Waals surface area (Å²) in [5, 5.41) is 10.5. The molecule has 1 fully saturated rings. The largest absolute Gasteiger partial charge is 0.464 e. The molecule has 7 nitrogen and oxygen atoms in total. The fourth-order valence-corrected chi connectivity index (χ4v) is 1.13. The fourth-order valence-electron chi connectivity index (χ4n) is 1.13. The Morgan fingerprint density at radius 3 is 2.64 bits per heavy atom. The summed E-state index contributed by atoms with van der Waals surface area (Å²) in [4.78, 5) is 20.7. The van der Waals surface area contributed by atoms with Crippen LogP contribution in [0.5, 0.6) is 0 Å². The van der Waals surface area contributed by atoms with Crippen LogP contribution in [0.25, 0.3) is 0 Å². The van der Waals surface area contributed by atoms with Gasteiger partial charge in [0.1, 0.15) is 0 Å². The quantitative estimate of drug-likeness (QED) is 0.351. The van der Waals surface area contributed by atoms with Gasteiger partial charge in [0.15, 0.2) is 6.29 Å². The standard InChI is InChI=1S/C7H11NO6/c1-12-7(9)5(8(10)11)4-6-13-2-3-14-6/h5-6H,2-4H2,1H3. The molecule has 0 aromatic rings. The molecule has 14 heavy (non-hydrogen) atoms. The van der Waals surface area contributed by atoms with Gasteiger partial charge in [0, 0.05) is 4.92 Å². The normalized spacial score (nSPS) is 19.2. The minimum Gasteiger partial charge on any atom is -0.464 e. The summed E-state index contributed by atoms with van der Waals surface area (Å²) in [6.45, 7) is 0.798. The van der Waals surface area contributed by atoms with Crippen molar-refractivity contribution in [1.29, 1.82) is 0 Å². The van der Waals surface area contributed by atoms with Crippen LogP contribution in [0, 0.1) is 10.1 Å². The first-order chi connectivity index (χ1) is 6.65. The van der Waals surface area contributed by atoms with E-state index in [0.29, 0.717) is 13.2 Å². The third kappa shape index (κ3) is 2.64. The van der Waals surface area contributed by atoms with Gasteiger partial charge in [0.05, 0.1) is 26.7 Å². The highest BCUT2D eigenvalue weighted by Crippen LogP contribution is 2.12. The third-order valence-corrected chi connectivity index (χ3v) is 1.83. The Kier molecular flexibility index (Phi) is 3.78. The molecular formula is C7H11NO6. The summed E-state index contributed by atoms with van der Waals surface area (Å²) < 4.78 is 14.3. The van der Waals surface area contributed by atoms with E-state index in [4.69, 9.17) is 9.47 Å². The molecule has 1 unspecified atom stereocenters.